The number of rotatable bonds is 2. The molecule has 1 aliphatic heterocycles. The van der Waals surface area contributed by atoms with E-state index in [1.807, 2.05) is 6.07 Å². The van der Waals surface area contributed by atoms with E-state index in [1.165, 1.54) is 0 Å². The standard InChI is InChI=1S/C10H13ClN2O/c11-9-2-1-8(6-13-9)5-10(14)3-4-12-7-10/h1-2,6,12,14H,3-5,7H2. The van der Waals surface area contributed by atoms with Crippen LogP contribution in [-0.4, -0.2) is 28.8 Å². The molecule has 1 aromatic heterocycles. The van der Waals surface area contributed by atoms with Crippen LogP contribution in [0.5, 0.6) is 0 Å². The van der Waals surface area contributed by atoms with Crippen LogP contribution in [0.1, 0.15) is 12.0 Å². The number of β-amino-alcohol motifs (C(OH)–C–C–N with tert-alkyl or cyclic N) is 1. The molecule has 0 amide bonds. The van der Waals surface area contributed by atoms with Crippen molar-refractivity contribution < 1.29 is 5.11 Å². The van der Waals surface area contributed by atoms with Crippen molar-refractivity contribution in [3.8, 4) is 0 Å². The van der Waals surface area contributed by atoms with Crippen LogP contribution in [0.15, 0.2) is 18.3 Å². The summed E-state index contributed by atoms with van der Waals surface area (Å²) in [6, 6.07) is 3.66. The first-order chi connectivity index (χ1) is 6.68. The first-order valence-corrected chi connectivity index (χ1v) is 5.09. The van der Waals surface area contributed by atoms with Crippen LogP contribution in [0.4, 0.5) is 0 Å². The maximum atomic E-state index is 10.1. The summed E-state index contributed by atoms with van der Waals surface area (Å²) < 4.78 is 0. The van der Waals surface area contributed by atoms with Crippen molar-refractivity contribution >= 4 is 11.6 Å². The lowest BCUT2D eigenvalue weighted by atomic mass is 9.95. The second-order valence-corrected chi connectivity index (χ2v) is 4.20. The highest BCUT2D eigenvalue weighted by Gasteiger charge is 2.30. The van der Waals surface area contributed by atoms with Gasteiger partial charge in [0.05, 0.1) is 5.60 Å². The van der Waals surface area contributed by atoms with Crippen LogP contribution in [-0.2, 0) is 6.42 Å². The minimum Gasteiger partial charge on any atom is -0.388 e. The van der Waals surface area contributed by atoms with Crippen LogP contribution in [0.25, 0.3) is 0 Å². The van der Waals surface area contributed by atoms with Gasteiger partial charge in [-0.2, -0.15) is 0 Å². The Hall–Kier alpha value is -0.640. The molecular weight excluding hydrogens is 200 g/mol. The van der Waals surface area contributed by atoms with Gasteiger partial charge in [-0.25, -0.2) is 4.98 Å². The predicted octanol–water partition coefficient (Wildman–Crippen LogP) is 1.00. The molecule has 76 valence electrons. The topological polar surface area (TPSA) is 45.2 Å². The molecule has 1 unspecified atom stereocenters. The van der Waals surface area contributed by atoms with Gasteiger partial charge in [0.25, 0.3) is 0 Å². The Balaban J connectivity index is 2.06. The summed E-state index contributed by atoms with van der Waals surface area (Å²) >= 11 is 5.68. The molecular formula is C10H13ClN2O. The Morgan fingerprint density at radius 1 is 1.57 bits per heavy atom. The average Bonchev–Trinajstić information content (AvgIpc) is 2.57. The largest absolute Gasteiger partial charge is 0.388 e. The molecule has 2 rings (SSSR count). The highest BCUT2D eigenvalue weighted by Crippen LogP contribution is 2.20. The Morgan fingerprint density at radius 3 is 3.00 bits per heavy atom. The second-order valence-electron chi connectivity index (χ2n) is 3.82. The summed E-state index contributed by atoms with van der Waals surface area (Å²) in [5.41, 5.74) is 0.427. The van der Waals surface area contributed by atoms with Gasteiger partial charge in [-0.05, 0) is 24.6 Å². The number of hydrogen-bond donors (Lipinski definition) is 2. The highest BCUT2D eigenvalue weighted by atomic mass is 35.5. The predicted molar refractivity (Wildman–Crippen MR) is 55.4 cm³/mol. The van der Waals surface area contributed by atoms with Gasteiger partial charge in [0.2, 0.25) is 0 Å². The van der Waals surface area contributed by atoms with Crippen LogP contribution in [0.2, 0.25) is 5.15 Å². The van der Waals surface area contributed by atoms with E-state index in [0.717, 1.165) is 18.5 Å². The number of aromatic nitrogens is 1. The lowest BCUT2D eigenvalue weighted by molar-refractivity contribution is 0.0618. The third kappa shape index (κ3) is 2.23. The van der Waals surface area contributed by atoms with Crippen molar-refractivity contribution in [3.63, 3.8) is 0 Å². The fraction of sp³-hybridized carbons (Fsp3) is 0.500. The van der Waals surface area contributed by atoms with E-state index in [0.29, 0.717) is 18.1 Å². The third-order valence-corrected chi connectivity index (χ3v) is 2.77. The molecule has 3 nitrogen and oxygen atoms in total. The average molecular weight is 213 g/mol. The maximum absolute atomic E-state index is 10.1. The smallest absolute Gasteiger partial charge is 0.129 e. The van der Waals surface area contributed by atoms with Gasteiger partial charge in [0.1, 0.15) is 5.15 Å². The van der Waals surface area contributed by atoms with Crippen molar-refractivity contribution in [3.05, 3.63) is 29.0 Å². The van der Waals surface area contributed by atoms with E-state index in [-0.39, 0.29) is 0 Å². The molecule has 1 aromatic rings. The van der Waals surface area contributed by atoms with E-state index in [9.17, 15) is 5.11 Å². The maximum Gasteiger partial charge on any atom is 0.129 e. The van der Waals surface area contributed by atoms with Gasteiger partial charge < -0.3 is 10.4 Å². The molecule has 0 spiro atoms. The molecule has 2 N–H and O–H groups in total. The monoisotopic (exact) mass is 212 g/mol. The Labute approximate surface area is 88.1 Å². The van der Waals surface area contributed by atoms with Gasteiger partial charge in [-0.1, -0.05) is 17.7 Å². The van der Waals surface area contributed by atoms with Crippen molar-refractivity contribution in [2.75, 3.05) is 13.1 Å². The lowest BCUT2D eigenvalue weighted by Gasteiger charge is -2.20. The Morgan fingerprint density at radius 2 is 2.43 bits per heavy atom. The fourth-order valence-electron chi connectivity index (χ4n) is 1.77. The van der Waals surface area contributed by atoms with Gasteiger partial charge in [-0.3, -0.25) is 0 Å². The van der Waals surface area contributed by atoms with E-state index < -0.39 is 5.60 Å². The van der Waals surface area contributed by atoms with Gasteiger partial charge >= 0.3 is 0 Å². The number of nitrogens with one attached hydrogen (secondary N) is 1. The van der Waals surface area contributed by atoms with E-state index in [1.54, 1.807) is 12.3 Å². The van der Waals surface area contributed by atoms with Crippen molar-refractivity contribution in [2.45, 2.75) is 18.4 Å². The van der Waals surface area contributed by atoms with Crippen molar-refractivity contribution in [1.29, 1.82) is 0 Å². The molecule has 0 saturated carbocycles. The van der Waals surface area contributed by atoms with Crippen LogP contribution < -0.4 is 5.32 Å². The molecule has 1 fully saturated rings. The number of nitrogens with zero attached hydrogens (tertiary/aromatic N) is 1. The minimum absolute atomic E-state index is 0.491. The summed E-state index contributed by atoms with van der Waals surface area (Å²) in [5, 5.41) is 13.7. The molecule has 2 heterocycles. The zero-order valence-corrected chi connectivity index (χ0v) is 8.59. The van der Waals surface area contributed by atoms with Crippen molar-refractivity contribution in [1.82, 2.24) is 10.3 Å². The van der Waals surface area contributed by atoms with E-state index >= 15 is 0 Å². The summed E-state index contributed by atoms with van der Waals surface area (Å²) in [6.45, 7) is 1.55. The van der Waals surface area contributed by atoms with E-state index in [4.69, 9.17) is 11.6 Å². The quantitative estimate of drug-likeness (QED) is 0.720. The summed E-state index contributed by atoms with van der Waals surface area (Å²) in [4.78, 5) is 3.99. The van der Waals surface area contributed by atoms with Gasteiger partial charge in [0.15, 0.2) is 0 Å². The zero-order chi connectivity index (χ0) is 10.0. The SMILES string of the molecule is OC1(Cc2ccc(Cl)nc2)CCNC1. The normalized spacial score (nSPS) is 26.7. The Kier molecular flexibility index (Phi) is 2.72. The molecule has 14 heavy (non-hydrogen) atoms. The van der Waals surface area contributed by atoms with Crippen LogP contribution >= 0.6 is 11.6 Å². The number of hydrogen-bond acceptors (Lipinski definition) is 3. The molecule has 0 aromatic carbocycles. The summed E-state index contributed by atoms with van der Waals surface area (Å²) in [7, 11) is 0. The first-order valence-electron chi connectivity index (χ1n) is 4.72. The molecule has 4 heteroatoms. The molecule has 1 atom stereocenters. The Bertz CT molecular complexity index is 306. The second kappa shape index (κ2) is 3.85. The van der Waals surface area contributed by atoms with Crippen LogP contribution in [0.3, 0.4) is 0 Å². The summed E-state index contributed by atoms with van der Waals surface area (Å²) in [6.07, 6.45) is 3.17. The molecule has 1 saturated heterocycles. The third-order valence-electron chi connectivity index (χ3n) is 2.54. The van der Waals surface area contributed by atoms with Gasteiger partial charge in [0, 0.05) is 19.2 Å². The molecule has 1 aliphatic rings. The fourth-order valence-corrected chi connectivity index (χ4v) is 1.88. The number of halogens is 1. The number of aliphatic hydroxyl groups is 1. The van der Waals surface area contributed by atoms with Gasteiger partial charge in [-0.15, -0.1) is 0 Å². The molecule has 0 radical (unpaired) electrons. The number of pyridine rings is 1. The molecule has 0 bridgehead atoms. The van der Waals surface area contributed by atoms with Crippen LogP contribution in [0, 0.1) is 0 Å². The highest BCUT2D eigenvalue weighted by molar-refractivity contribution is 6.29. The first kappa shape index (κ1) is 9.90. The minimum atomic E-state index is -0.602. The summed E-state index contributed by atoms with van der Waals surface area (Å²) in [5.74, 6) is 0. The van der Waals surface area contributed by atoms with Crippen molar-refractivity contribution in [2.24, 2.45) is 0 Å². The van der Waals surface area contributed by atoms with E-state index in [2.05, 4.69) is 10.3 Å². The lowest BCUT2D eigenvalue weighted by Crippen LogP contribution is -2.33. The molecule has 0 aliphatic carbocycles. The zero-order valence-electron chi connectivity index (χ0n) is 7.83.